The SMILES string of the molecule is NC(=S)c1ccc(NC23CC4CC(CC(C4)C2)C3)cc1Br. The molecule has 0 heterocycles. The summed E-state index contributed by atoms with van der Waals surface area (Å²) in [5.41, 5.74) is 8.20. The standard InChI is InChI=1S/C17H21BrN2S/c18-15-6-13(1-2-14(15)16(19)21)20-17-7-10-3-11(8-17)5-12(4-10)9-17/h1-2,6,10-12,20H,3-5,7-9H2,(H2,19,21). The first-order valence-corrected chi connectivity index (χ1v) is 9.11. The fourth-order valence-corrected chi connectivity index (χ4v) is 6.26. The summed E-state index contributed by atoms with van der Waals surface area (Å²) in [5.74, 6) is 2.88. The van der Waals surface area contributed by atoms with Gasteiger partial charge in [-0.05, 0) is 90.4 Å². The molecule has 4 saturated carbocycles. The highest BCUT2D eigenvalue weighted by Gasteiger charge is 2.50. The lowest BCUT2D eigenvalue weighted by Crippen LogP contribution is -2.54. The Balaban J connectivity index is 1.58. The van der Waals surface area contributed by atoms with E-state index in [0.29, 0.717) is 10.5 Å². The molecule has 0 saturated heterocycles. The quantitative estimate of drug-likeness (QED) is 0.777. The number of thiocarbonyl (C=S) groups is 1. The van der Waals surface area contributed by atoms with Gasteiger partial charge in [0, 0.05) is 21.3 Å². The van der Waals surface area contributed by atoms with Crippen molar-refractivity contribution in [2.75, 3.05) is 5.32 Å². The Labute approximate surface area is 140 Å². The van der Waals surface area contributed by atoms with Gasteiger partial charge in [-0.3, -0.25) is 0 Å². The van der Waals surface area contributed by atoms with Crippen LogP contribution in [0.1, 0.15) is 44.1 Å². The van der Waals surface area contributed by atoms with Crippen molar-refractivity contribution in [1.29, 1.82) is 0 Å². The predicted octanol–water partition coefficient (Wildman–Crippen LogP) is 4.46. The van der Waals surface area contributed by atoms with Crippen LogP contribution in [-0.4, -0.2) is 10.5 Å². The van der Waals surface area contributed by atoms with Gasteiger partial charge in [0.05, 0.1) is 0 Å². The number of hydrogen-bond acceptors (Lipinski definition) is 2. The first kappa shape index (κ1) is 14.0. The molecule has 4 aliphatic rings. The van der Waals surface area contributed by atoms with E-state index < -0.39 is 0 Å². The average molecular weight is 365 g/mol. The van der Waals surface area contributed by atoms with Crippen LogP contribution in [0.15, 0.2) is 22.7 Å². The normalized spacial score (nSPS) is 36.7. The summed E-state index contributed by atoms with van der Waals surface area (Å²) in [6.45, 7) is 0. The molecule has 112 valence electrons. The summed E-state index contributed by atoms with van der Waals surface area (Å²) < 4.78 is 0.990. The number of hydrogen-bond donors (Lipinski definition) is 2. The van der Waals surface area contributed by atoms with Gasteiger partial charge in [-0.2, -0.15) is 0 Å². The molecule has 3 N–H and O–H groups in total. The summed E-state index contributed by atoms with van der Waals surface area (Å²) in [7, 11) is 0. The van der Waals surface area contributed by atoms with E-state index in [4.69, 9.17) is 18.0 Å². The zero-order chi connectivity index (χ0) is 14.6. The van der Waals surface area contributed by atoms with E-state index in [9.17, 15) is 0 Å². The van der Waals surface area contributed by atoms with Crippen LogP contribution in [0, 0.1) is 17.8 Å². The van der Waals surface area contributed by atoms with Crippen LogP contribution >= 0.6 is 28.1 Å². The average Bonchev–Trinajstić information content (AvgIpc) is 2.35. The molecule has 0 unspecified atom stereocenters. The van der Waals surface area contributed by atoms with Gasteiger partial charge >= 0.3 is 0 Å². The van der Waals surface area contributed by atoms with Gasteiger partial charge in [-0.1, -0.05) is 12.2 Å². The minimum atomic E-state index is 0.346. The van der Waals surface area contributed by atoms with Crippen molar-refractivity contribution >= 4 is 38.8 Å². The van der Waals surface area contributed by atoms with Crippen molar-refractivity contribution in [3.8, 4) is 0 Å². The van der Waals surface area contributed by atoms with Crippen molar-refractivity contribution < 1.29 is 0 Å². The maximum absolute atomic E-state index is 5.73. The van der Waals surface area contributed by atoms with Gasteiger partial charge in [0.15, 0.2) is 0 Å². The first-order chi connectivity index (χ1) is 10.0. The van der Waals surface area contributed by atoms with E-state index in [-0.39, 0.29) is 0 Å². The van der Waals surface area contributed by atoms with Crippen molar-refractivity contribution in [3.05, 3.63) is 28.2 Å². The molecular formula is C17H21BrN2S. The van der Waals surface area contributed by atoms with Gasteiger partial charge in [-0.25, -0.2) is 0 Å². The summed E-state index contributed by atoms with van der Waals surface area (Å²) in [6.07, 6.45) is 8.50. The van der Waals surface area contributed by atoms with E-state index in [2.05, 4.69) is 33.4 Å². The molecule has 1 aromatic rings. The molecule has 4 bridgehead atoms. The second-order valence-corrected chi connectivity index (χ2v) is 8.68. The highest BCUT2D eigenvalue weighted by atomic mass is 79.9. The molecule has 21 heavy (non-hydrogen) atoms. The summed E-state index contributed by atoms with van der Waals surface area (Å²) >= 11 is 8.66. The summed E-state index contributed by atoms with van der Waals surface area (Å²) in [4.78, 5) is 0.447. The van der Waals surface area contributed by atoms with Crippen LogP contribution in [-0.2, 0) is 0 Å². The molecule has 0 aliphatic heterocycles. The second kappa shape index (κ2) is 4.95. The Hall–Kier alpha value is -0.610. The molecular weight excluding hydrogens is 344 g/mol. The number of nitrogens with two attached hydrogens (primary N) is 1. The highest BCUT2D eigenvalue weighted by molar-refractivity contribution is 9.10. The lowest BCUT2D eigenvalue weighted by Gasteiger charge is -2.57. The Morgan fingerprint density at radius 1 is 1.14 bits per heavy atom. The molecule has 0 atom stereocenters. The summed E-state index contributed by atoms with van der Waals surface area (Å²) in [5, 5.41) is 3.88. The van der Waals surface area contributed by atoms with Crippen molar-refractivity contribution in [2.24, 2.45) is 23.5 Å². The van der Waals surface area contributed by atoms with E-state index >= 15 is 0 Å². The molecule has 0 amide bonds. The van der Waals surface area contributed by atoms with Crippen LogP contribution in [0.4, 0.5) is 5.69 Å². The third-order valence-corrected chi connectivity index (χ3v) is 6.56. The van der Waals surface area contributed by atoms with E-state index in [0.717, 1.165) is 27.8 Å². The Kier molecular flexibility index (Phi) is 3.30. The minimum absolute atomic E-state index is 0.346. The number of rotatable bonds is 3. The number of halogens is 1. The summed E-state index contributed by atoms with van der Waals surface area (Å²) in [6, 6.07) is 6.28. The van der Waals surface area contributed by atoms with Gasteiger partial charge in [-0.15, -0.1) is 0 Å². The third-order valence-electron chi connectivity index (χ3n) is 5.68. The highest BCUT2D eigenvalue weighted by Crippen LogP contribution is 2.56. The molecule has 1 aromatic carbocycles. The van der Waals surface area contributed by atoms with Crippen molar-refractivity contribution in [2.45, 2.75) is 44.1 Å². The van der Waals surface area contributed by atoms with Gasteiger partial charge in [0.25, 0.3) is 0 Å². The number of nitrogens with one attached hydrogen (secondary N) is 1. The van der Waals surface area contributed by atoms with Crippen LogP contribution in [0.3, 0.4) is 0 Å². The molecule has 4 aliphatic carbocycles. The number of anilines is 1. The monoisotopic (exact) mass is 364 g/mol. The van der Waals surface area contributed by atoms with E-state index in [1.807, 2.05) is 6.07 Å². The smallest absolute Gasteiger partial charge is 0.105 e. The van der Waals surface area contributed by atoms with Gasteiger partial charge in [0.1, 0.15) is 4.99 Å². The van der Waals surface area contributed by atoms with Crippen molar-refractivity contribution in [3.63, 3.8) is 0 Å². The van der Waals surface area contributed by atoms with E-state index in [1.54, 1.807) is 0 Å². The van der Waals surface area contributed by atoms with Gasteiger partial charge in [0.2, 0.25) is 0 Å². The van der Waals surface area contributed by atoms with E-state index in [1.165, 1.54) is 44.2 Å². The molecule has 5 rings (SSSR count). The van der Waals surface area contributed by atoms with Crippen LogP contribution in [0.5, 0.6) is 0 Å². The molecule has 2 nitrogen and oxygen atoms in total. The fourth-order valence-electron chi connectivity index (χ4n) is 5.36. The molecule has 4 fully saturated rings. The van der Waals surface area contributed by atoms with Crippen LogP contribution in [0.25, 0.3) is 0 Å². The zero-order valence-corrected chi connectivity index (χ0v) is 14.5. The molecule has 0 spiro atoms. The lowest BCUT2D eigenvalue weighted by molar-refractivity contribution is 0.0107. The lowest BCUT2D eigenvalue weighted by atomic mass is 9.53. The maximum atomic E-state index is 5.73. The Bertz CT molecular complexity index is 563. The topological polar surface area (TPSA) is 38.0 Å². The first-order valence-electron chi connectivity index (χ1n) is 7.90. The van der Waals surface area contributed by atoms with Gasteiger partial charge < -0.3 is 11.1 Å². The molecule has 0 radical (unpaired) electrons. The van der Waals surface area contributed by atoms with Crippen LogP contribution in [0.2, 0.25) is 0 Å². The number of benzene rings is 1. The minimum Gasteiger partial charge on any atom is -0.389 e. The van der Waals surface area contributed by atoms with Crippen LogP contribution < -0.4 is 11.1 Å². The largest absolute Gasteiger partial charge is 0.389 e. The maximum Gasteiger partial charge on any atom is 0.105 e. The second-order valence-electron chi connectivity index (χ2n) is 7.38. The Morgan fingerprint density at radius 3 is 2.19 bits per heavy atom. The van der Waals surface area contributed by atoms with Crippen molar-refractivity contribution in [1.82, 2.24) is 0 Å². The molecule has 4 heteroatoms. The fraction of sp³-hybridized carbons (Fsp3) is 0.588. The molecule has 0 aromatic heterocycles. The zero-order valence-electron chi connectivity index (χ0n) is 12.1. The predicted molar refractivity (Wildman–Crippen MR) is 94.6 cm³/mol. The third kappa shape index (κ3) is 2.50. The Morgan fingerprint density at radius 2 is 1.71 bits per heavy atom.